The maximum Gasteiger partial charge on any atom is 0.237 e. The highest BCUT2D eigenvalue weighted by molar-refractivity contribution is 7.14. The summed E-state index contributed by atoms with van der Waals surface area (Å²) in [6, 6.07) is 7.55. The molecule has 1 fully saturated rings. The number of halogens is 1. The van der Waals surface area contributed by atoms with Crippen molar-refractivity contribution in [3.8, 4) is 5.75 Å². The number of rotatable bonds is 11. The Morgan fingerprint density at radius 2 is 2.00 bits per heavy atom. The van der Waals surface area contributed by atoms with E-state index in [2.05, 4.69) is 20.7 Å². The van der Waals surface area contributed by atoms with Crippen LogP contribution in [0.3, 0.4) is 0 Å². The number of nitrogen functional groups attached to an aromatic ring is 1. The number of nitrogens with one attached hydrogen (secondary N) is 1. The normalized spacial score (nSPS) is 16.5. The van der Waals surface area contributed by atoms with E-state index in [-0.39, 0.29) is 60.2 Å². The molecule has 0 saturated carbocycles. The van der Waals surface area contributed by atoms with Crippen molar-refractivity contribution in [2.75, 3.05) is 64.0 Å². The van der Waals surface area contributed by atoms with Crippen LogP contribution in [0.5, 0.6) is 5.75 Å². The zero-order chi connectivity index (χ0) is 36.5. The van der Waals surface area contributed by atoms with E-state index in [1.54, 1.807) is 50.2 Å². The summed E-state index contributed by atoms with van der Waals surface area (Å²) in [4.78, 5) is 46.3. The Bertz CT molecular complexity index is 1760. The number of pyridine rings is 1. The molecule has 270 valence electrons. The zero-order valence-corrected chi connectivity index (χ0v) is 30.1. The number of aromatic nitrogens is 2. The van der Waals surface area contributed by atoms with Crippen molar-refractivity contribution in [2.45, 2.75) is 39.7 Å². The lowest BCUT2D eigenvalue weighted by Crippen LogP contribution is -2.42. The number of carbonyl (C=O) groups excluding carboxylic acids is 2. The van der Waals surface area contributed by atoms with Gasteiger partial charge in [-0.15, -0.1) is 11.3 Å². The maximum atomic E-state index is 14.7. The zero-order valence-electron chi connectivity index (χ0n) is 29.3. The van der Waals surface area contributed by atoms with Crippen LogP contribution in [-0.2, 0) is 9.59 Å². The summed E-state index contributed by atoms with van der Waals surface area (Å²) in [5.41, 5.74) is 18.3. The van der Waals surface area contributed by atoms with E-state index >= 15 is 0 Å². The number of nitrogens with zero attached hydrogens (tertiary/aromatic N) is 6. The quantitative estimate of drug-likeness (QED) is 0.170. The van der Waals surface area contributed by atoms with E-state index < -0.39 is 5.82 Å². The standard InChI is InChI=1S/C34H42FN9O3S.CH5N.H2/c1-5-44(28-9-7-25(36)31(41-28)30(37)22-6-8-26(24(35)16-22)47-20(2)3)34(46)23-10-13-42(18-23)19-29(45)43-14-11-21(12-15-43)33-40-17-27(48-33)32(38)39-4;1-2;/h6-9,11,16-17,20,23,37H,5,10,12-15,18-19,36H2,1-4H3,(H2,38,39);2H2,1H3;1H/t23-;;/m1../s1. The average molecular weight is 709 g/mol. The fourth-order valence-corrected chi connectivity index (χ4v) is 6.75. The highest BCUT2D eigenvalue weighted by Crippen LogP contribution is 2.28. The number of likely N-dealkylation sites (tertiary alicyclic amines) is 1. The van der Waals surface area contributed by atoms with Crippen molar-refractivity contribution in [2.24, 2.45) is 22.4 Å². The second kappa shape index (κ2) is 17.3. The second-order valence-corrected chi connectivity index (χ2v) is 13.1. The SMILES string of the molecule is CCN(C(=O)[C@@H]1CCN(CC(=O)N2CC=C(c3ncc(C(N)=NC)s3)CC2)C1)c1ccc(N)c(C(=N)c2ccc(OC(C)C)c(F)c2)n1.CN.[HH]. The van der Waals surface area contributed by atoms with Gasteiger partial charge in [0, 0.05) is 46.4 Å². The highest BCUT2D eigenvalue weighted by Gasteiger charge is 2.34. The molecule has 2 aromatic heterocycles. The Labute approximate surface area is 298 Å². The fourth-order valence-electron chi connectivity index (χ4n) is 5.81. The van der Waals surface area contributed by atoms with E-state index in [1.165, 1.54) is 30.5 Å². The number of nitrogens with two attached hydrogens (primary N) is 3. The molecule has 1 aromatic carbocycles. The summed E-state index contributed by atoms with van der Waals surface area (Å²) >= 11 is 1.50. The van der Waals surface area contributed by atoms with E-state index in [0.717, 1.165) is 15.5 Å². The molecular formula is C35H49FN10O3S. The summed E-state index contributed by atoms with van der Waals surface area (Å²) < 4.78 is 20.2. The summed E-state index contributed by atoms with van der Waals surface area (Å²) in [7, 11) is 3.15. The van der Waals surface area contributed by atoms with Gasteiger partial charge in [0.1, 0.15) is 22.4 Å². The van der Waals surface area contributed by atoms with Gasteiger partial charge in [-0.3, -0.25) is 29.8 Å². The lowest BCUT2D eigenvalue weighted by atomic mass is 10.0. The molecule has 0 aliphatic carbocycles. The van der Waals surface area contributed by atoms with E-state index in [9.17, 15) is 14.0 Å². The third-order valence-electron chi connectivity index (χ3n) is 8.41. The summed E-state index contributed by atoms with van der Waals surface area (Å²) in [6.07, 6.45) is 4.89. The Balaban J connectivity index is 0.00000230. The van der Waals surface area contributed by atoms with Gasteiger partial charge in [-0.25, -0.2) is 14.4 Å². The van der Waals surface area contributed by atoms with Crippen LogP contribution in [0.2, 0.25) is 0 Å². The molecule has 1 saturated heterocycles. The average Bonchev–Trinajstić information content (AvgIpc) is 3.81. The molecule has 13 nitrogen and oxygen atoms in total. The van der Waals surface area contributed by atoms with Crippen LogP contribution in [0.4, 0.5) is 15.9 Å². The lowest BCUT2D eigenvalue weighted by Gasteiger charge is -2.28. The van der Waals surface area contributed by atoms with Crippen LogP contribution in [-0.4, -0.2) is 103 Å². The molecule has 15 heteroatoms. The molecule has 7 N–H and O–H groups in total. The van der Waals surface area contributed by atoms with Crippen molar-refractivity contribution in [3.63, 3.8) is 0 Å². The molecule has 3 aromatic rings. The fraction of sp³-hybridized carbons (Fsp3) is 0.429. The molecule has 0 radical (unpaired) electrons. The molecule has 4 heterocycles. The predicted molar refractivity (Wildman–Crippen MR) is 199 cm³/mol. The molecular weight excluding hydrogens is 660 g/mol. The number of benzene rings is 1. The Hall–Kier alpha value is -4.73. The van der Waals surface area contributed by atoms with Gasteiger partial charge in [0.25, 0.3) is 0 Å². The first-order valence-corrected chi connectivity index (χ1v) is 17.4. The van der Waals surface area contributed by atoms with Gasteiger partial charge in [-0.05, 0) is 83.1 Å². The van der Waals surface area contributed by atoms with Crippen molar-refractivity contribution in [3.05, 3.63) is 69.6 Å². The van der Waals surface area contributed by atoms with E-state index in [0.29, 0.717) is 57.2 Å². The number of aliphatic imine (C=N–C) groups is 1. The van der Waals surface area contributed by atoms with Gasteiger partial charge in [0.2, 0.25) is 11.8 Å². The van der Waals surface area contributed by atoms with Crippen LogP contribution >= 0.6 is 11.3 Å². The first-order valence-electron chi connectivity index (χ1n) is 16.6. The van der Waals surface area contributed by atoms with Crippen LogP contribution in [0, 0.1) is 17.1 Å². The molecule has 2 amide bonds. The molecule has 2 aliphatic rings. The summed E-state index contributed by atoms with van der Waals surface area (Å²) in [5.74, 6) is -0.0627. The van der Waals surface area contributed by atoms with E-state index in [4.69, 9.17) is 21.6 Å². The van der Waals surface area contributed by atoms with Gasteiger partial charge in [0.05, 0.1) is 34.8 Å². The van der Waals surface area contributed by atoms with Gasteiger partial charge in [-0.2, -0.15) is 0 Å². The van der Waals surface area contributed by atoms with Crippen LogP contribution in [0.1, 0.15) is 56.2 Å². The van der Waals surface area contributed by atoms with Crippen molar-refractivity contribution >= 4 is 51.8 Å². The number of amides is 2. The minimum atomic E-state index is -0.588. The molecule has 0 spiro atoms. The second-order valence-electron chi connectivity index (χ2n) is 12.1. The third kappa shape index (κ3) is 8.89. The minimum Gasteiger partial charge on any atom is -0.488 e. The number of anilines is 2. The summed E-state index contributed by atoms with van der Waals surface area (Å²) in [6.45, 7) is 8.25. The molecule has 0 unspecified atom stereocenters. The Morgan fingerprint density at radius 3 is 2.64 bits per heavy atom. The van der Waals surface area contributed by atoms with Gasteiger partial charge >= 0.3 is 0 Å². The van der Waals surface area contributed by atoms with E-state index in [1.807, 2.05) is 22.8 Å². The number of hydrogen-bond acceptors (Lipinski definition) is 11. The largest absolute Gasteiger partial charge is 0.488 e. The molecule has 5 rings (SSSR count). The highest BCUT2D eigenvalue weighted by atomic mass is 32.1. The monoisotopic (exact) mass is 708 g/mol. The van der Waals surface area contributed by atoms with Gasteiger partial charge in [-0.1, -0.05) is 6.08 Å². The third-order valence-corrected chi connectivity index (χ3v) is 9.50. The number of ether oxygens (including phenoxy) is 1. The summed E-state index contributed by atoms with van der Waals surface area (Å²) in [5, 5.41) is 9.63. The van der Waals surface area contributed by atoms with Crippen LogP contribution < -0.4 is 26.8 Å². The molecule has 0 bridgehead atoms. The topological polar surface area (TPSA) is 193 Å². The number of hydrogen-bond donors (Lipinski definition) is 4. The predicted octanol–water partition coefficient (Wildman–Crippen LogP) is 3.61. The van der Waals surface area contributed by atoms with Crippen LogP contribution in [0.15, 0.2) is 47.6 Å². The smallest absolute Gasteiger partial charge is 0.237 e. The molecule has 1 atom stereocenters. The lowest BCUT2D eigenvalue weighted by molar-refractivity contribution is -0.132. The first-order chi connectivity index (χ1) is 24.0. The number of amidine groups is 1. The van der Waals surface area contributed by atoms with Crippen molar-refractivity contribution in [1.82, 2.24) is 19.8 Å². The minimum absolute atomic E-state index is 0. The van der Waals surface area contributed by atoms with Gasteiger partial charge in [0.15, 0.2) is 11.6 Å². The Morgan fingerprint density at radius 1 is 1.24 bits per heavy atom. The maximum absolute atomic E-state index is 14.7. The molecule has 2 aliphatic heterocycles. The number of thiazole rings is 1. The van der Waals surface area contributed by atoms with Crippen molar-refractivity contribution in [1.29, 1.82) is 5.41 Å². The van der Waals surface area contributed by atoms with Crippen molar-refractivity contribution < 1.29 is 20.1 Å². The number of carbonyl (C=O) groups is 2. The van der Waals surface area contributed by atoms with Gasteiger partial charge < -0.3 is 26.8 Å². The Kier molecular flexibility index (Phi) is 13.2. The first kappa shape index (κ1) is 38.1. The van der Waals surface area contributed by atoms with Crippen LogP contribution in [0.25, 0.3) is 5.57 Å². The molecule has 50 heavy (non-hydrogen) atoms.